The van der Waals surface area contributed by atoms with Crippen molar-refractivity contribution in [2.24, 2.45) is 11.8 Å². The maximum absolute atomic E-state index is 11.6. The molecular formula is C16H32N2O. The molecule has 0 heterocycles. The number of amides is 1. The maximum atomic E-state index is 11.6. The summed E-state index contributed by atoms with van der Waals surface area (Å²) in [4.78, 5) is 11.6. The van der Waals surface area contributed by atoms with Crippen molar-refractivity contribution in [1.82, 2.24) is 10.6 Å². The average molecular weight is 268 g/mol. The third-order valence-electron chi connectivity index (χ3n) is 4.52. The summed E-state index contributed by atoms with van der Waals surface area (Å²) in [5.74, 6) is 1.91. The first-order valence-corrected chi connectivity index (χ1v) is 8.05. The van der Waals surface area contributed by atoms with Crippen LogP contribution in [0.1, 0.15) is 66.2 Å². The molecule has 1 unspecified atom stereocenters. The lowest BCUT2D eigenvalue weighted by Crippen LogP contribution is -2.38. The van der Waals surface area contributed by atoms with Crippen molar-refractivity contribution < 1.29 is 4.79 Å². The number of carbonyl (C=O) groups is 1. The van der Waals surface area contributed by atoms with E-state index in [1.165, 1.54) is 25.7 Å². The molecule has 1 fully saturated rings. The van der Waals surface area contributed by atoms with E-state index in [2.05, 4.69) is 38.3 Å². The Morgan fingerprint density at radius 1 is 1.16 bits per heavy atom. The minimum atomic E-state index is 0.178. The Kier molecular flexibility index (Phi) is 7.44. The van der Waals surface area contributed by atoms with Crippen LogP contribution in [0.5, 0.6) is 0 Å². The molecule has 0 aromatic rings. The summed E-state index contributed by atoms with van der Waals surface area (Å²) in [5, 5.41) is 6.55. The van der Waals surface area contributed by atoms with Crippen molar-refractivity contribution in [2.75, 3.05) is 6.54 Å². The predicted molar refractivity (Wildman–Crippen MR) is 81.1 cm³/mol. The zero-order valence-corrected chi connectivity index (χ0v) is 13.2. The van der Waals surface area contributed by atoms with Crippen molar-refractivity contribution in [1.29, 1.82) is 0 Å². The van der Waals surface area contributed by atoms with E-state index >= 15 is 0 Å². The van der Waals surface area contributed by atoms with Crippen LogP contribution in [0.15, 0.2) is 0 Å². The molecule has 2 N–H and O–H groups in total. The summed E-state index contributed by atoms with van der Waals surface area (Å²) in [6.07, 6.45) is 6.83. The molecule has 0 aromatic carbocycles. The molecule has 1 rings (SSSR count). The summed E-state index contributed by atoms with van der Waals surface area (Å²) in [7, 11) is 0. The lowest BCUT2D eigenvalue weighted by Gasteiger charge is -2.31. The van der Waals surface area contributed by atoms with Crippen LogP contribution in [-0.2, 0) is 4.79 Å². The van der Waals surface area contributed by atoms with Gasteiger partial charge in [-0.2, -0.15) is 0 Å². The van der Waals surface area contributed by atoms with Gasteiger partial charge in [0.1, 0.15) is 0 Å². The van der Waals surface area contributed by atoms with E-state index in [0.717, 1.165) is 24.8 Å². The van der Waals surface area contributed by atoms with E-state index < -0.39 is 0 Å². The predicted octanol–water partition coefficient (Wildman–Crippen LogP) is 3.10. The van der Waals surface area contributed by atoms with Crippen LogP contribution < -0.4 is 10.6 Å². The highest BCUT2D eigenvalue weighted by molar-refractivity contribution is 5.76. The molecule has 1 aliphatic rings. The molecule has 19 heavy (non-hydrogen) atoms. The second-order valence-corrected chi connectivity index (χ2v) is 6.44. The van der Waals surface area contributed by atoms with Crippen molar-refractivity contribution in [3.05, 3.63) is 0 Å². The lowest BCUT2D eigenvalue weighted by molar-refractivity contribution is -0.121. The van der Waals surface area contributed by atoms with Crippen molar-refractivity contribution in [3.63, 3.8) is 0 Å². The van der Waals surface area contributed by atoms with Gasteiger partial charge in [-0.25, -0.2) is 0 Å². The third kappa shape index (κ3) is 6.42. The number of hydrogen-bond acceptors (Lipinski definition) is 2. The first-order chi connectivity index (χ1) is 9.02. The molecular weight excluding hydrogens is 236 g/mol. The first-order valence-electron chi connectivity index (χ1n) is 8.05. The number of nitrogens with one attached hydrogen (secondary N) is 2. The molecule has 0 bridgehead atoms. The molecule has 3 heteroatoms. The Labute approximate surface area is 118 Å². The van der Waals surface area contributed by atoms with Crippen molar-refractivity contribution >= 4 is 5.91 Å². The fourth-order valence-electron chi connectivity index (χ4n) is 2.83. The van der Waals surface area contributed by atoms with E-state index in [-0.39, 0.29) is 5.91 Å². The van der Waals surface area contributed by atoms with Crippen LogP contribution in [0.25, 0.3) is 0 Å². The SMILES string of the molecule is CCC(C)NC(=O)CCNC1CCC(C(C)C)CC1. The fraction of sp³-hybridized carbons (Fsp3) is 0.938. The maximum Gasteiger partial charge on any atom is 0.221 e. The fourth-order valence-corrected chi connectivity index (χ4v) is 2.83. The molecule has 0 aromatic heterocycles. The van der Waals surface area contributed by atoms with Gasteiger partial charge in [-0.3, -0.25) is 4.79 Å². The first kappa shape index (κ1) is 16.5. The summed E-state index contributed by atoms with van der Waals surface area (Å²) >= 11 is 0. The van der Waals surface area contributed by atoms with Gasteiger partial charge in [-0.15, -0.1) is 0 Å². The zero-order valence-electron chi connectivity index (χ0n) is 13.2. The second-order valence-electron chi connectivity index (χ2n) is 6.44. The second kappa shape index (κ2) is 8.57. The van der Waals surface area contributed by atoms with Gasteiger partial charge in [0.05, 0.1) is 0 Å². The summed E-state index contributed by atoms with van der Waals surface area (Å²) in [5.41, 5.74) is 0. The number of rotatable bonds is 7. The van der Waals surface area contributed by atoms with Gasteiger partial charge >= 0.3 is 0 Å². The summed E-state index contributed by atoms with van der Waals surface area (Å²) in [6, 6.07) is 0.931. The van der Waals surface area contributed by atoms with E-state index in [0.29, 0.717) is 18.5 Å². The molecule has 1 aliphatic carbocycles. The van der Waals surface area contributed by atoms with Crippen LogP contribution in [0.4, 0.5) is 0 Å². The Balaban J connectivity index is 2.09. The van der Waals surface area contributed by atoms with Crippen LogP contribution in [0.2, 0.25) is 0 Å². The zero-order chi connectivity index (χ0) is 14.3. The molecule has 1 atom stereocenters. The van der Waals surface area contributed by atoms with Gasteiger partial charge in [-0.05, 0) is 50.9 Å². The summed E-state index contributed by atoms with van der Waals surface area (Å²) in [6.45, 7) is 9.63. The molecule has 112 valence electrons. The molecule has 3 nitrogen and oxygen atoms in total. The van der Waals surface area contributed by atoms with Gasteiger partial charge in [-0.1, -0.05) is 20.8 Å². The van der Waals surface area contributed by atoms with Gasteiger partial charge in [0, 0.05) is 25.0 Å². The smallest absolute Gasteiger partial charge is 0.221 e. The van der Waals surface area contributed by atoms with E-state index in [1.54, 1.807) is 0 Å². The molecule has 0 spiro atoms. The monoisotopic (exact) mass is 268 g/mol. The highest BCUT2D eigenvalue weighted by Crippen LogP contribution is 2.29. The highest BCUT2D eigenvalue weighted by atomic mass is 16.1. The summed E-state index contributed by atoms with van der Waals surface area (Å²) < 4.78 is 0. The normalized spacial score (nSPS) is 25.3. The molecule has 1 amide bonds. The molecule has 1 saturated carbocycles. The van der Waals surface area contributed by atoms with Gasteiger partial charge in [0.2, 0.25) is 5.91 Å². The third-order valence-corrected chi connectivity index (χ3v) is 4.52. The minimum Gasteiger partial charge on any atom is -0.354 e. The standard InChI is InChI=1S/C16H32N2O/c1-5-13(4)18-16(19)10-11-17-15-8-6-14(7-9-15)12(2)3/h12-15,17H,5-11H2,1-4H3,(H,18,19). The Morgan fingerprint density at radius 2 is 1.79 bits per heavy atom. The minimum absolute atomic E-state index is 0.178. The molecule has 0 radical (unpaired) electrons. The molecule has 0 aliphatic heterocycles. The number of carbonyl (C=O) groups excluding carboxylic acids is 1. The van der Waals surface area contributed by atoms with Crippen molar-refractivity contribution in [3.8, 4) is 0 Å². The topological polar surface area (TPSA) is 41.1 Å². The van der Waals surface area contributed by atoms with E-state index in [9.17, 15) is 4.79 Å². The Bertz CT molecular complexity index is 257. The van der Waals surface area contributed by atoms with Crippen LogP contribution in [0, 0.1) is 11.8 Å². The van der Waals surface area contributed by atoms with Gasteiger partial charge < -0.3 is 10.6 Å². The Hall–Kier alpha value is -0.570. The Morgan fingerprint density at radius 3 is 2.32 bits per heavy atom. The van der Waals surface area contributed by atoms with Crippen LogP contribution in [-0.4, -0.2) is 24.5 Å². The van der Waals surface area contributed by atoms with Gasteiger partial charge in [0.15, 0.2) is 0 Å². The number of hydrogen-bond donors (Lipinski definition) is 2. The van der Waals surface area contributed by atoms with Crippen LogP contribution >= 0.6 is 0 Å². The highest BCUT2D eigenvalue weighted by Gasteiger charge is 2.22. The van der Waals surface area contributed by atoms with Gasteiger partial charge in [0.25, 0.3) is 0 Å². The molecule has 0 saturated heterocycles. The van der Waals surface area contributed by atoms with E-state index in [4.69, 9.17) is 0 Å². The quantitative estimate of drug-likeness (QED) is 0.745. The van der Waals surface area contributed by atoms with E-state index in [1.807, 2.05) is 0 Å². The lowest BCUT2D eigenvalue weighted by atomic mass is 9.80. The largest absolute Gasteiger partial charge is 0.354 e. The average Bonchev–Trinajstić information content (AvgIpc) is 2.39. The van der Waals surface area contributed by atoms with Crippen molar-refractivity contribution in [2.45, 2.75) is 78.3 Å². The van der Waals surface area contributed by atoms with Crippen LogP contribution in [0.3, 0.4) is 0 Å².